The predicted octanol–water partition coefficient (Wildman–Crippen LogP) is 1.28. The van der Waals surface area contributed by atoms with E-state index >= 15 is 0 Å². The Kier molecular flexibility index (Phi) is 5.30. The summed E-state index contributed by atoms with van der Waals surface area (Å²) in [6.07, 6.45) is -3.64. The largest absolute Gasteiger partial charge is 0.573 e. The summed E-state index contributed by atoms with van der Waals surface area (Å²) in [5.74, 6) is -1.05. The lowest BCUT2D eigenvalue weighted by Gasteiger charge is -2.18. The van der Waals surface area contributed by atoms with Crippen LogP contribution >= 0.6 is 0 Å². The van der Waals surface area contributed by atoms with E-state index in [1.807, 2.05) is 0 Å². The lowest BCUT2D eigenvalue weighted by Crippen LogP contribution is -2.42. The Morgan fingerprint density at radius 3 is 2.79 bits per heavy atom. The van der Waals surface area contributed by atoms with E-state index in [9.17, 15) is 26.4 Å². The highest BCUT2D eigenvalue weighted by Gasteiger charge is 2.37. The van der Waals surface area contributed by atoms with E-state index in [-0.39, 0.29) is 30.2 Å². The zero-order valence-electron chi connectivity index (χ0n) is 14.5. The van der Waals surface area contributed by atoms with Crippen LogP contribution in [0, 0.1) is 0 Å². The maximum atomic E-state index is 12.6. The zero-order chi connectivity index (χ0) is 20.5. The van der Waals surface area contributed by atoms with Crippen LogP contribution < -0.4 is 14.4 Å². The Morgan fingerprint density at radius 2 is 2.11 bits per heavy atom. The second-order valence-corrected chi connectivity index (χ2v) is 7.55. The van der Waals surface area contributed by atoms with Gasteiger partial charge in [-0.25, -0.2) is 13.1 Å². The van der Waals surface area contributed by atoms with E-state index in [4.69, 9.17) is 0 Å². The molecule has 2 aromatic rings. The fourth-order valence-corrected chi connectivity index (χ4v) is 4.16. The van der Waals surface area contributed by atoms with E-state index in [1.165, 1.54) is 17.0 Å². The molecule has 1 fully saturated rings. The van der Waals surface area contributed by atoms with Crippen LogP contribution in [0.1, 0.15) is 13.3 Å². The van der Waals surface area contributed by atoms with Gasteiger partial charge in [0.1, 0.15) is 11.8 Å². The SMILES string of the molecule is CCn1nncc1S(=O)(=O)NC1CCN(c2cccc(OC(F)(F)F)c2)C1=O. The topological polar surface area (TPSA) is 106 Å². The molecule has 9 nitrogen and oxygen atoms in total. The minimum absolute atomic E-state index is 0.132. The number of carbonyl (C=O) groups is 1. The number of hydrogen-bond acceptors (Lipinski definition) is 6. The van der Waals surface area contributed by atoms with Crippen LogP contribution in [-0.4, -0.2) is 48.3 Å². The third-order valence-electron chi connectivity index (χ3n) is 4.02. The minimum atomic E-state index is -4.86. The molecule has 0 bridgehead atoms. The molecule has 152 valence electrons. The number of nitrogens with zero attached hydrogens (tertiary/aromatic N) is 4. The van der Waals surface area contributed by atoms with Crippen LogP contribution in [-0.2, 0) is 21.4 Å². The summed E-state index contributed by atoms with van der Waals surface area (Å²) in [7, 11) is -4.05. The molecule has 1 saturated heterocycles. The van der Waals surface area contributed by atoms with Gasteiger partial charge in [-0.3, -0.25) is 4.79 Å². The maximum absolute atomic E-state index is 12.6. The maximum Gasteiger partial charge on any atom is 0.573 e. The van der Waals surface area contributed by atoms with Gasteiger partial charge in [-0.2, -0.15) is 4.72 Å². The molecule has 0 radical (unpaired) electrons. The second kappa shape index (κ2) is 7.39. The van der Waals surface area contributed by atoms with Crippen LogP contribution in [0.15, 0.2) is 35.5 Å². The number of aromatic nitrogens is 3. The number of aryl methyl sites for hydroxylation is 1. The van der Waals surface area contributed by atoms with Crippen molar-refractivity contribution in [3.63, 3.8) is 0 Å². The van der Waals surface area contributed by atoms with Gasteiger partial charge >= 0.3 is 6.36 Å². The average molecular weight is 419 g/mol. The van der Waals surface area contributed by atoms with Crippen LogP contribution in [0.5, 0.6) is 5.75 Å². The summed E-state index contributed by atoms with van der Waals surface area (Å²) in [4.78, 5) is 13.8. The van der Waals surface area contributed by atoms with Gasteiger partial charge in [0.25, 0.3) is 10.0 Å². The zero-order valence-corrected chi connectivity index (χ0v) is 15.4. The molecular weight excluding hydrogens is 403 g/mol. The van der Waals surface area contributed by atoms with E-state index in [1.54, 1.807) is 6.92 Å². The molecule has 0 aliphatic carbocycles. The summed E-state index contributed by atoms with van der Waals surface area (Å²) in [5.41, 5.74) is 0.175. The average Bonchev–Trinajstić information content (AvgIpc) is 3.21. The molecule has 1 N–H and O–H groups in total. The molecule has 1 amide bonds. The van der Waals surface area contributed by atoms with Crippen molar-refractivity contribution in [1.82, 2.24) is 19.7 Å². The number of anilines is 1. The van der Waals surface area contributed by atoms with E-state index < -0.39 is 34.1 Å². The molecule has 1 atom stereocenters. The normalized spacial score (nSPS) is 17.9. The van der Waals surface area contributed by atoms with Gasteiger partial charge in [-0.15, -0.1) is 18.3 Å². The first-order valence-corrected chi connectivity index (χ1v) is 9.67. The summed E-state index contributed by atoms with van der Waals surface area (Å²) in [6, 6.07) is 3.87. The van der Waals surface area contributed by atoms with Crippen molar-refractivity contribution < 1.29 is 31.1 Å². The molecular formula is C15H16F3N5O4S. The summed E-state index contributed by atoms with van der Waals surface area (Å²) in [6.45, 7) is 2.09. The molecule has 1 aromatic heterocycles. The highest BCUT2D eigenvalue weighted by Crippen LogP contribution is 2.29. The highest BCUT2D eigenvalue weighted by molar-refractivity contribution is 7.89. The van der Waals surface area contributed by atoms with Crippen molar-refractivity contribution in [3.8, 4) is 5.75 Å². The van der Waals surface area contributed by atoms with Crippen LogP contribution in [0.3, 0.4) is 0 Å². The fraction of sp³-hybridized carbons (Fsp3) is 0.400. The van der Waals surface area contributed by atoms with Crippen molar-refractivity contribution in [2.24, 2.45) is 0 Å². The minimum Gasteiger partial charge on any atom is -0.406 e. The van der Waals surface area contributed by atoms with Gasteiger partial charge in [-0.1, -0.05) is 11.3 Å². The number of sulfonamides is 1. The van der Waals surface area contributed by atoms with Gasteiger partial charge in [0.05, 0.1) is 6.20 Å². The van der Waals surface area contributed by atoms with Crippen molar-refractivity contribution in [1.29, 1.82) is 0 Å². The molecule has 1 aliphatic heterocycles. The monoisotopic (exact) mass is 419 g/mol. The van der Waals surface area contributed by atoms with Crippen LogP contribution in [0.2, 0.25) is 0 Å². The Hall–Kier alpha value is -2.67. The molecule has 0 saturated carbocycles. The van der Waals surface area contributed by atoms with Crippen molar-refractivity contribution in [2.75, 3.05) is 11.4 Å². The van der Waals surface area contributed by atoms with Crippen LogP contribution in [0.4, 0.5) is 18.9 Å². The van der Waals surface area contributed by atoms with Crippen molar-refractivity contribution in [3.05, 3.63) is 30.5 Å². The Bertz CT molecular complexity index is 976. The summed E-state index contributed by atoms with van der Waals surface area (Å²) >= 11 is 0. The third-order valence-corrected chi connectivity index (χ3v) is 5.48. The van der Waals surface area contributed by atoms with Crippen LogP contribution in [0.25, 0.3) is 0 Å². The second-order valence-electron chi connectivity index (χ2n) is 5.89. The molecule has 0 spiro atoms. The first-order valence-electron chi connectivity index (χ1n) is 8.19. The quantitative estimate of drug-likeness (QED) is 0.756. The number of amides is 1. The van der Waals surface area contributed by atoms with E-state index in [0.717, 1.165) is 23.0 Å². The number of rotatable bonds is 6. The highest BCUT2D eigenvalue weighted by atomic mass is 32.2. The van der Waals surface area contributed by atoms with E-state index in [2.05, 4.69) is 19.8 Å². The fourth-order valence-electron chi connectivity index (χ4n) is 2.82. The molecule has 13 heteroatoms. The summed E-state index contributed by atoms with van der Waals surface area (Å²) < 4.78 is 69.5. The Morgan fingerprint density at radius 1 is 1.36 bits per heavy atom. The van der Waals surface area contributed by atoms with Crippen molar-refractivity contribution >= 4 is 21.6 Å². The third kappa shape index (κ3) is 4.25. The first kappa shape index (κ1) is 20.1. The van der Waals surface area contributed by atoms with Crippen molar-refractivity contribution in [2.45, 2.75) is 37.3 Å². The number of alkyl halides is 3. The smallest absolute Gasteiger partial charge is 0.406 e. The van der Waals surface area contributed by atoms with Gasteiger partial charge in [0, 0.05) is 24.8 Å². The molecule has 28 heavy (non-hydrogen) atoms. The van der Waals surface area contributed by atoms with Gasteiger partial charge in [0.2, 0.25) is 5.91 Å². The number of carbonyl (C=O) groups excluding carboxylic acids is 1. The van der Waals surface area contributed by atoms with E-state index in [0.29, 0.717) is 0 Å². The summed E-state index contributed by atoms with van der Waals surface area (Å²) in [5, 5.41) is 7.01. The molecule has 1 aromatic carbocycles. The Labute approximate surface area is 158 Å². The number of hydrogen-bond donors (Lipinski definition) is 1. The molecule has 2 heterocycles. The lowest BCUT2D eigenvalue weighted by molar-refractivity contribution is -0.274. The molecule has 1 unspecified atom stereocenters. The number of halogens is 3. The number of nitrogens with one attached hydrogen (secondary N) is 1. The van der Waals surface area contributed by atoms with Gasteiger partial charge < -0.3 is 9.64 Å². The standard InChI is InChI=1S/C15H16F3N5O4S/c1-2-23-13(9-19-21-23)28(25,26)20-12-6-7-22(14(12)24)10-4-3-5-11(8-10)27-15(16,17)18/h3-5,8-9,12,20H,2,6-7H2,1H3. The van der Waals surface area contributed by atoms with Gasteiger partial charge in [-0.05, 0) is 25.5 Å². The lowest BCUT2D eigenvalue weighted by atomic mass is 10.2. The molecule has 3 rings (SSSR count). The number of benzene rings is 1. The first-order chi connectivity index (χ1) is 13.1. The number of ether oxygens (including phenoxy) is 1. The predicted molar refractivity (Wildman–Crippen MR) is 89.9 cm³/mol. The molecule has 1 aliphatic rings. The Balaban J connectivity index is 1.76. The van der Waals surface area contributed by atoms with Gasteiger partial charge in [0.15, 0.2) is 5.03 Å².